The maximum absolute atomic E-state index is 13.8. The molecule has 1 saturated heterocycles. The third-order valence-electron chi connectivity index (χ3n) is 12.6. The molecule has 0 aliphatic carbocycles. The lowest BCUT2D eigenvalue weighted by molar-refractivity contribution is -0.139. The molecular weight excluding hydrogens is 1060 g/mol. The molecule has 0 saturated carbocycles. The summed E-state index contributed by atoms with van der Waals surface area (Å²) >= 11 is 0. The lowest BCUT2D eigenvalue weighted by Crippen LogP contribution is -2.57. The van der Waals surface area contributed by atoms with Crippen LogP contribution in [0.5, 0.6) is 0 Å². The first kappa shape index (κ1) is 66.4. The summed E-state index contributed by atoms with van der Waals surface area (Å²) in [6.45, 7) is 1.60. The van der Waals surface area contributed by atoms with Crippen molar-refractivity contribution in [2.45, 2.75) is 121 Å². The third-order valence-corrected chi connectivity index (χ3v) is 12.6. The Bertz CT molecular complexity index is 2440. The van der Waals surface area contributed by atoms with Crippen molar-refractivity contribution in [2.24, 2.45) is 27.5 Å². The number of carbonyl (C=O) groups excluding carboxylic acids is 12. The van der Waals surface area contributed by atoms with Gasteiger partial charge in [0, 0.05) is 32.6 Å². The number of aliphatic carboxylic acids is 1. The second-order valence-electron chi connectivity index (χ2n) is 19.0. The van der Waals surface area contributed by atoms with E-state index in [-0.39, 0.29) is 77.1 Å². The summed E-state index contributed by atoms with van der Waals surface area (Å²) in [5.74, 6) is -11.1. The highest BCUT2D eigenvalue weighted by Gasteiger charge is 2.36. The molecule has 0 radical (unpaired) electrons. The number of oxime groups is 1. The van der Waals surface area contributed by atoms with Crippen molar-refractivity contribution in [1.29, 1.82) is 0 Å². The van der Waals surface area contributed by atoms with Crippen LogP contribution in [0.3, 0.4) is 0 Å². The van der Waals surface area contributed by atoms with Crippen molar-refractivity contribution in [3.05, 3.63) is 35.9 Å². The molecule has 81 heavy (non-hydrogen) atoms. The predicted molar refractivity (Wildman–Crippen MR) is 288 cm³/mol. The van der Waals surface area contributed by atoms with Gasteiger partial charge in [0.1, 0.15) is 42.5 Å². The van der Waals surface area contributed by atoms with Crippen LogP contribution in [0.4, 0.5) is 0 Å². The fourth-order valence-electron chi connectivity index (χ4n) is 8.04. The first-order valence-electron chi connectivity index (χ1n) is 26.5. The second kappa shape index (κ2) is 35.6. The molecule has 446 valence electrons. The quantitative estimate of drug-likeness (QED) is 0.0527. The number of hydrogen-bond acceptors (Lipinski definition) is 16. The first-order chi connectivity index (χ1) is 38.6. The lowest BCUT2D eigenvalue weighted by Gasteiger charge is -2.26. The number of nitrogens with zero attached hydrogens (tertiary/aromatic N) is 3. The van der Waals surface area contributed by atoms with Gasteiger partial charge in [-0.25, -0.2) is 0 Å². The van der Waals surface area contributed by atoms with Gasteiger partial charge in [-0.3, -0.25) is 67.3 Å². The van der Waals surface area contributed by atoms with Gasteiger partial charge in [-0.1, -0.05) is 55.8 Å². The summed E-state index contributed by atoms with van der Waals surface area (Å²) in [6, 6.07) is 1.12. The molecule has 0 aromatic heterocycles. The monoisotopic (exact) mass is 1140 g/mol. The summed E-state index contributed by atoms with van der Waals surface area (Å²) in [4.78, 5) is 180. The number of amides is 12. The summed E-state index contributed by atoms with van der Waals surface area (Å²) in [6.07, 6.45) is 1.91. The molecule has 1 aromatic rings. The number of carboxylic acids is 1. The van der Waals surface area contributed by atoms with Gasteiger partial charge in [-0.05, 0) is 63.4 Å². The highest BCUT2D eigenvalue weighted by Crippen LogP contribution is 2.18. The minimum Gasteiger partial charge on any atom is -0.481 e. The Hall–Kier alpha value is -8.93. The Morgan fingerprint density at radius 1 is 0.753 bits per heavy atom. The van der Waals surface area contributed by atoms with E-state index in [1.165, 1.54) is 11.8 Å². The predicted octanol–water partition coefficient (Wildman–Crippen LogP) is -5.88. The number of carboxylic acid groups (broad SMARTS) is 1. The van der Waals surface area contributed by atoms with Crippen molar-refractivity contribution >= 4 is 89.0 Å². The number of hydrogen-bond donors (Lipinski definition) is 14. The van der Waals surface area contributed by atoms with Crippen LogP contribution in [0, 0.1) is 5.92 Å². The van der Waals surface area contributed by atoms with Crippen LogP contribution in [0.2, 0.25) is 0 Å². The molecule has 2 heterocycles. The number of aliphatic imine (C=N–C) groups is 1. The Balaban J connectivity index is 1.85. The molecule has 3 rings (SSSR count). The molecule has 0 bridgehead atoms. The SMILES string of the molecule is CC[C@H](C)[C@@H]1NC(=O)CNC(=O)CO/N=C/C(=O)NCCCC[C@@H](C(=O)NCCC(=O)O)NC(=O)CNC(=O)[C@H](Cc2ccccc2)NC(=O)[C@H](C)NC(=O)[C@H](CCCN=C(N)N)NC(=O)CNC(=O)[C@@H]2CCCN2C(=O)CNC1=O. The molecule has 31 nitrogen and oxygen atoms in total. The van der Waals surface area contributed by atoms with Crippen LogP contribution in [-0.2, 0) is 73.6 Å². The first-order valence-corrected chi connectivity index (χ1v) is 26.5. The molecule has 31 heteroatoms. The Morgan fingerprint density at radius 3 is 2.11 bits per heavy atom. The highest BCUT2D eigenvalue weighted by molar-refractivity contribution is 6.26. The lowest BCUT2D eigenvalue weighted by atomic mass is 9.98. The van der Waals surface area contributed by atoms with E-state index in [1.54, 1.807) is 44.2 Å². The zero-order valence-electron chi connectivity index (χ0n) is 45.6. The van der Waals surface area contributed by atoms with Gasteiger partial charge in [0.05, 0.1) is 32.6 Å². The van der Waals surface area contributed by atoms with Gasteiger partial charge in [-0.2, -0.15) is 0 Å². The van der Waals surface area contributed by atoms with E-state index in [1.807, 2.05) is 0 Å². The van der Waals surface area contributed by atoms with E-state index in [0.29, 0.717) is 18.4 Å². The van der Waals surface area contributed by atoms with Gasteiger partial charge in [0.2, 0.25) is 59.1 Å². The zero-order valence-corrected chi connectivity index (χ0v) is 45.6. The van der Waals surface area contributed by atoms with Gasteiger partial charge in [0.25, 0.3) is 11.8 Å². The van der Waals surface area contributed by atoms with Crippen LogP contribution in [-0.4, -0.2) is 194 Å². The van der Waals surface area contributed by atoms with Crippen LogP contribution >= 0.6 is 0 Å². The zero-order chi connectivity index (χ0) is 59.9. The fourth-order valence-corrected chi connectivity index (χ4v) is 8.04. The molecule has 1 fully saturated rings. The summed E-state index contributed by atoms with van der Waals surface area (Å²) in [7, 11) is 0. The Kier molecular flexibility index (Phi) is 29.1. The number of fused-ring (bicyclic) bond motifs is 1. The number of guanidine groups is 1. The Morgan fingerprint density at radius 2 is 1.42 bits per heavy atom. The maximum atomic E-state index is 13.8. The smallest absolute Gasteiger partial charge is 0.305 e. The fraction of sp³-hybridized carbons (Fsp3) is 0.580. The average Bonchev–Trinajstić information content (AvgIpc) is 3.95. The molecule has 1 aromatic carbocycles. The molecule has 7 atom stereocenters. The van der Waals surface area contributed by atoms with E-state index >= 15 is 0 Å². The van der Waals surface area contributed by atoms with Gasteiger partial charge < -0.3 is 84.8 Å². The third kappa shape index (κ3) is 25.6. The number of carbonyl (C=O) groups is 13. The van der Waals surface area contributed by atoms with E-state index in [0.717, 1.165) is 6.21 Å². The van der Waals surface area contributed by atoms with Gasteiger partial charge in [0.15, 0.2) is 12.6 Å². The normalized spacial score (nSPS) is 23.6. The molecule has 2 aliphatic heterocycles. The summed E-state index contributed by atoms with van der Waals surface area (Å²) < 4.78 is 0. The number of benzene rings is 1. The van der Waals surface area contributed by atoms with E-state index in [9.17, 15) is 62.3 Å². The number of nitrogens with one attached hydrogen (secondary N) is 11. The molecule has 0 spiro atoms. The Labute approximate surface area is 467 Å². The maximum Gasteiger partial charge on any atom is 0.305 e. The van der Waals surface area contributed by atoms with Crippen molar-refractivity contribution in [2.75, 3.05) is 59.0 Å². The topological polar surface area (TPSA) is 464 Å². The van der Waals surface area contributed by atoms with Gasteiger partial charge in [-0.15, -0.1) is 0 Å². The van der Waals surface area contributed by atoms with Crippen LogP contribution in [0.25, 0.3) is 0 Å². The second-order valence-corrected chi connectivity index (χ2v) is 19.0. The summed E-state index contributed by atoms with van der Waals surface area (Å²) in [5, 5.41) is 39.9. The van der Waals surface area contributed by atoms with Crippen molar-refractivity contribution in [3.8, 4) is 0 Å². The number of nitrogens with two attached hydrogens (primary N) is 2. The molecule has 12 amide bonds. The minimum atomic E-state index is -1.33. The average molecular weight is 1140 g/mol. The highest BCUT2D eigenvalue weighted by atomic mass is 16.6. The van der Waals surface area contributed by atoms with E-state index in [2.05, 4.69) is 68.6 Å². The van der Waals surface area contributed by atoms with Crippen molar-refractivity contribution in [3.63, 3.8) is 0 Å². The van der Waals surface area contributed by atoms with Crippen LogP contribution in [0.1, 0.15) is 84.1 Å². The van der Waals surface area contributed by atoms with Crippen molar-refractivity contribution < 1.29 is 72.3 Å². The van der Waals surface area contributed by atoms with Crippen LogP contribution in [0.15, 0.2) is 40.5 Å². The van der Waals surface area contributed by atoms with Crippen molar-refractivity contribution in [1.82, 2.24) is 63.4 Å². The standard InChI is InChI=1S/C50H76N16O15/c1-4-29(2)43-49(80)59-27-41(72)66-21-11-16-35(66)48(79)58-25-38(69)63-33(15-10-19-55-50(51)52)47(78)61-30(3)44(75)64-34(22-31-12-6-5-7-13-31)46(77)57-24-37(68)62-32(45(76)54-20-17-42(73)74)14-8-9-18-53-36(67)26-60-81-28-40(71)56-23-39(70)65-43/h5-7,12-13,26,29-30,32-35,43H,4,8-11,14-25,27-28H2,1-3H3,(H,53,67)(H,54,76)(H,56,71)(H,57,77)(H,58,79)(H,59,80)(H,61,78)(H,62,68)(H,63,69)(H,64,75)(H,65,70)(H,73,74)(H4,51,52,55)/b60-26+/t29-,30-,32-,33-,34-,35-,43-/m0/s1. The minimum absolute atomic E-state index is 0.00175. The number of rotatable bonds is 12. The summed E-state index contributed by atoms with van der Waals surface area (Å²) in [5.41, 5.74) is 11.5. The molecule has 16 N–H and O–H groups in total. The molecule has 2 aliphatic rings. The van der Waals surface area contributed by atoms with Gasteiger partial charge >= 0.3 is 5.97 Å². The largest absolute Gasteiger partial charge is 0.481 e. The molecule has 0 unspecified atom stereocenters. The van der Waals surface area contributed by atoms with E-state index < -0.39 is 158 Å². The molecular formula is C50H76N16O15. The van der Waals surface area contributed by atoms with Crippen LogP contribution < -0.4 is 70.0 Å². The van der Waals surface area contributed by atoms with E-state index in [4.69, 9.17) is 21.4 Å².